The second-order valence-corrected chi connectivity index (χ2v) is 3.74. The van der Waals surface area contributed by atoms with E-state index in [0.29, 0.717) is 11.6 Å². The number of thiocarbonyl (C=S) groups is 1. The SMILES string of the molecule is CCOC(=O)CC(=S)N(C)c1ccccc1. The standard InChI is InChI=1S/C12H15NO2S/c1-3-15-12(14)9-11(16)13(2)10-7-5-4-6-8-10/h4-8H,3,9H2,1-2H3. The molecule has 0 unspecified atom stereocenters. The van der Waals surface area contributed by atoms with Gasteiger partial charge in [0.2, 0.25) is 0 Å². The molecule has 0 N–H and O–H groups in total. The number of carbonyl (C=O) groups is 1. The Kier molecular flexibility index (Phi) is 4.92. The van der Waals surface area contributed by atoms with E-state index in [1.807, 2.05) is 42.3 Å². The Morgan fingerprint density at radius 3 is 2.56 bits per heavy atom. The molecular formula is C12H15NO2S. The van der Waals surface area contributed by atoms with Crippen LogP contribution in [0.1, 0.15) is 13.3 Å². The van der Waals surface area contributed by atoms with Crippen molar-refractivity contribution in [1.82, 2.24) is 0 Å². The van der Waals surface area contributed by atoms with Crippen LogP contribution in [-0.4, -0.2) is 24.6 Å². The first-order chi connectivity index (χ1) is 7.65. The van der Waals surface area contributed by atoms with Gasteiger partial charge in [0.1, 0.15) is 0 Å². The molecule has 0 aliphatic rings. The highest BCUT2D eigenvalue weighted by atomic mass is 32.1. The third-order valence-electron chi connectivity index (χ3n) is 2.12. The molecule has 1 rings (SSSR count). The number of hydrogen-bond donors (Lipinski definition) is 0. The molecule has 1 aromatic rings. The molecule has 0 saturated heterocycles. The van der Waals surface area contributed by atoms with Crippen LogP contribution >= 0.6 is 12.2 Å². The molecule has 0 aliphatic carbocycles. The summed E-state index contributed by atoms with van der Waals surface area (Å²) in [6.45, 7) is 2.17. The normalized spacial score (nSPS) is 9.62. The lowest BCUT2D eigenvalue weighted by Gasteiger charge is -2.19. The van der Waals surface area contributed by atoms with Crippen molar-refractivity contribution in [2.75, 3.05) is 18.6 Å². The summed E-state index contributed by atoms with van der Waals surface area (Å²) in [6.07, 6.45) is 0.147. The molecular weight excluding hydrogens is 222 g/mol. The van der Waals surface area contributed by atoms with Crippen molar-refractivity contribution in [1.29, 1.82) is 0 Å². The summed E-state index contributed by atoms with van der Waals surface area (Å²) in [4.78, 5) is 13.6. The molecule has 4 heteroatoms. The number of ether oxygens (including phenoxy) is 1. The number of anilines is 1. The van der Waals surface area contributed by atoms with Gasteiger partial charge in [-0.3, -0.25) is 4.79 Å². The van der Waals surface area contributed by atoms with Crippen LogP contribution < -0.4 is 4.90 Å². The monoisotopic (exact) mass is 237 g/mol. The Labute approximate surface area is 101 Å². The van der Waals surface area contributed by atoms with Crippen LogP contribution in [0.3, 0.4) is 0 Å². The molecule has 1 aromatic carbocycles. The summed E-state index contributed by atoms with van der Waals surface area (Å²) in [5.74, 6) is -0.282. The minimum atomic E-state index is -0.282. The summed E-state index contributed by atoms with van der Waals surface area (Å²) < 4.78 is 4.85. The van der Waals surface area contributed by atoms with Gasteiger partial charge < -0.3 is 9.64 Å². The molecule has 0 radical (unpaired) electrons. The predicted molar refractivity (Wildman–Crippen MR) is 68.7 cm³/mol. The number of carbonyl (C=O) groups excluding carboxylic acids is 1. The number of nitrogens with zero attached hydrogens (tertiary/aromatic N) is 1. The Hall–Kier alpha value is -1.42. The van der Waals surface area contributed by atoms with Gasteiger partial charge in [0.05, 0.1) is 18.0 Å². The molecule has 3 nitrogen and oxygen atoms in total. The molecule has 0 aliphatic heterocycles. The van der Waals surface area contributed by atoms with Crippen LogP contribution in [-0.2, 0) is 9.53 Å². The lowest BCUT2D eigenvalue weighted by molar-refractivity contribution is -0.141. The van der Waals surface area contributed by atoms with E-state index in [1.165, 1.54) is 0 Å². The van der Waals surface area contributed by atoms with E-state index in [9.17, 15) is 4.79 Å². The summed E-state index contributed by atoms with van der Waals surface area (Å²) in [5.41, 5.74) is 0.969. The van der Waals surface area contributed by atoms with E-state index < -0.39 is 0 Å². The van der Waals surface area contributed by atoms with Crippen LogP contribution in [0.5, 0.6) is 0 Å². The van der Waals surface area contributed by atoms with Gasteiger partial charge in [-0.2, -0.15) is 0 Å². The van der Waals surface area contributed by atoms with Crippen LogP contribution in [0.15, 0.2) is 30.3 Å². The van der Waals surface area contributed by atoms with Gasteiger partial charge in [0, 0.05) is 12.7 Å². The highest BCUT2D eigenvalue weighted by molar-refractivity contribution is 7.80. The summed E-state index contributed by atoms with van der Waals surface area (Å²) in [6, 6.07) is 9.68. The van der Waals surface area contributed by atoms with Crippen molar-refractivity contribution in [3.63, 3.8) is 0 Å². The number of hydrogen-bond acceptors (Lipinski definition) is 3. The average Bonchev–Trinajstić information content (AvgIpc) is 2.29. The van der Waals surface area contributed by atoms with Gasteiger partial charge >= 0.3 is 5.97 Å². The van der Waals surface area contributed by atoms with E-state index in [4.69, 9.17) is 17.0 Å². The first-order valence-corrected chi connectivity index (χ1v) is 5.53. The molecule has 0 amide bonds. The number of esters is 1. The molecule has 0 bridgehead atoms. The molecule has 0 atom stereocenters. The van der Waals surface area contributed by atoms with Crippen molar-refractivity contribution in [3.05, 3.63) is 30.3 Å². The number of benzene rings is 1. The van der Waals surface area contributed by atoms with Crippen molar-refractivity contribution in [2.24, 2.45) is 0 Å². The van der Waals surface area contributed by atoms with Gasteiger partial charge in [-0.15, -0.1) is 0 Å². The smallest absolute Gasteiger partial charge is 0.312 e. The van der Waals surface area contributed by atoms with Gasteiger partial charge in [0.15, 0.2) is 0 Å². The molecule has 0 spiro atoms. The maximum atomic E-state index is 11.3. The topological polar surface area (TPSA) is 29.5 Å². The highest BCUT2D eigenvalue weighted by Crippen LogP contribution is 2.13. The lowest BCUT2D eigenvalue weighted by atomic mass is 10.3. The lowest BCUT2D eigenvalue weighted by Crippen LogP contribution is -2.27. The predicted octanol–water partition coefficient (Wildman–Crippen LogP) is 2.40. The zero-order chi connectivity index (χ0) is 12.0. The number of para-hydroxylation sites is 1. The summed E-state index contributed by atoms with van der Waals surface area (Å²) >= 11 is 5.17. The van der Waals surface area contributed by atoms with Gasteiger partial charge in [0.25, 0.3) is 0 Å². The third-order valence-corrected chi connectivity index (χ3v) is 2.54. The average molecular weight is 237 g/mol. The van der Waals surface area contributed by atoms with Crippen molar-refractivity contribution in [2.45, 2.75) is 13.3 Å². The molecule has 0 heterocycles. The van der Waals surface area contributed by atoms with E-state index in [1.54, 1.807) is 6.92 Å². The number of rotatable bonds is 4. The van der Waals surface area contributed by atoms with E-state index in [2.05, 4.69) is 0 Å². The Bertz CT molecular complexity index is 365. The molecule has 16 heavy (non-hydrogen) atoms. The Morgan fingerprint density at radius 2 is 2.00 bits per heavy atom. The van der Waals surface area contributed by atoms with E-state index >= 15 is 0 Å². The second kappa shape index (κ2) is 6.23. The zero-order valence-corrected chi connectivity index (χ0v) is 10.3. The molecule has 0 aromatic heterocycles. The zero-order valence-electron chi connectivity index (χ0n) is 9.47. The minimum Gasteiger partial charge on any atom is -0.466 e. The molecule has 86 valence electrons. The van der Waals surface area contributed by atoms with Crippen molar-refractivity contribution < 1.29 is 9.53 Å². The van der Waals surface area contributed by atoms with Gasteiger partial charge in [-0.25, -0.2) is 0 Å². The van der Waals surface area contributed by atoms with Crippen LogP contribution in [0, 0.1) is 0 Å². The fraction of sp³-hybridized carbons (Fsp3) is 0.333. The highest BCUT2D eigenvalue weighted by Gasteiger charge is 2.11. The second-order valence-electron chi connectivity index (χ2n) is 3.27. The fourth-order valence-electron chi connectivity index (χ4n) is 1.25. The van der Waals surface area contributed by atoms with Gasteiger partial charge in [-0.1, -0.05) is 30.4 Å². The largest absolute Gasteiger partial charge is 0.466 e. The maximum Gasteiger partial charge on any atom is 0.312 e. The Balaban J connectivity index is 2.58. The Morgan fingerprint density at radius 1 is 1.38 bits per heavy atom. The van der Waals surface area contributed by atoms with E-state index in [-0.39, 0.29) is 12.4 Å². The van der Waals surface area contributed by atoms with Crippen LogP contribution in [0.2, 0.25) is 0 Å². The van der Waals surface area contributed by atoms with Crippen LogP contribution in [0.4, 0.5) is 5.69 Å². The third kappa shape index (κ3) is 3.62. The van der Waals surface area contributed by atoms with Crippen molar-refractivity contribution >= 4 is 28.9 Å². The first-order valence-electron chi connectivity index (χ1n) is 5.12. The molecule has 0 saturated carbocycles. The first kappa shape index (κ1) is 12.6. The van der Waals surface area contributed by atoms with Crippen molar-refractivity contribution in [3.8, 4) is 0 Å². The maximum absolute atomic E-state index is 11.3. The quantitative estimate of drug-likeness (QED) is 0.594. The fourth-order valence-corrected chi connectivity index (χ4v) is 1.47. The summed E-state index contributed by atoms with van der Waals surface area (Å²) in [5, 5.41) is 0. The summed E-state index contributed by atoms with van der Waals surface area (Å²) in [7, 11) is 1.84. The van der Waals surface area contributed by atoms with Crippen LogP contribution in [0.25, 0.3) is 0 Å². The molecule has 0 fully saturated rings. The minimum absolute atomic E-state index is 0.147. The van der Waals surface area contributed by atoms with Gasteiger partial charge in [-0.05, 0) is 19.1 Å². The van der Waals surface area contributed by atoms with E-state index in [0.717, 1.165) is 5.69 Å².